The third-order valence-corrected chi connectivity index (χ3v) is 2.36. The molecule has 0 radical (unpaired) electrons. The van der Waals surface area contributed by atoms with Crippen molar-refractivity contribution in [1.29, 1.82) is 0 Å². The molecule has 0 fully saturated rings. The van der Waals surface area contributed by atoms with Crippen LogP contribution in [0.4, 0.5) is 0 Å². The van der Waals surface area contributed by atoms with Gasteiger partial charge in [0.25, 0.3) is 0 Å². The minimum absolute atomic E-state index is 0.000116. The van der Waals surface area contributed by atoms with Crippen LogP contribution >= 0.6 is 0 Å². The van der Waals surface area contributed by atoms with Gasteiger partial charge in [-0.25, -0.2) is 4.99 Å². The number of hydrogen-bond acceptors (Lipinski definition) is 3. The highest BCUT2D eigenvalue weighted by Crippen LogP contribution is 2.36. The summed E-state index contributed by atoms with van der Waals surface area (Å²) in [5.74, 6) is 0.879. The summed E-state index contributed by atoms with van der Waals surface area (Å²) >= 11 is 0. The predicted octanol–water partition coefficient (Wildman–Crippen LogP) is 2.77. The zero-order chi connectivity index (χ0) is 10.3. The Morgan fingerprint density at radius 1 is 1.43 bits per heavy atom. The summed E-state index contributed by atoms with van der Waals surface area (Å²) in [5.41, 5.74) is 2.03. The van der Waals surface area contributed by atoms with E-state index in [9.17, 15) is 0 Å². The zero-order valence-electron chi connectivity index (χ0n) is 9.00. The second-order valence-corrected chi connectivity index (χ2v) is 4.52. The van der Waals surface area contributed by atoms with Crippen molar-refractivity contribution in [2.45, 2.75) is 27.0 Å². The number of furan rings is 1. The van der Waals surface area contributed by atoms with Gasteiger partial charge < -0.3 is 9.15 Å². The van der Waals surface area contributed by atoms with Crippen molar-refractivity contribution < 1.29 is 9.15 Å². The first-order valence-corrected chi connectivity index (χ1v) is 4.73. The van der Waals surface area contributed by atoms with Gasteiger partial charge in [0, 0.05) is 12.5 Å². The highest BCUT2D eigenvalue weighted by Gasteiger charge is 2.34. The Labute approximate surface area is 83.8 Å². The normalized spacial score (nSPS) is 20.9. The van der Waals surface area contributed by atoms with E-state index in [1.165, 1.54) is 0 Å². The van der Waals surface area contributed by atoms with Crippen LogP contribution in [0.15, 0.2) is 21.7 Å². The molecule has 3 heteroatoms. The first kappa shape index (κ1) is 9.46. The fourth-order valence-electron chi connectivity index (χ4n) is 1.67. The van der Waals surface area contributed by atoms with E-state index in [0.29, 0.717) is 0 Å². The maximum atomic E-state index is 5.44. The monoisotopic (exact) mass is 193 g/mol. The third kappa shape index (κ3) is 1.28. The molecule has 76 valence electrons. The van der Waals surface area contributed by atoms with Gasteiger partial charge in [0.1, 0.15) is 0 Å². The number of aliphatic imine (C=N–C) groups is 1. The van der Waals surface area contributed by atoms with E-state index < -0.39 is 0 Å². The smallest absolute Gasteiger partial charge is 0.177 e. The van der Waals surface area contributed by atoms with Crippen molar-refractivity contribution >= 4 is 5.71 Å². The van der Waals surface area contributed by atoms with Crippen LogP contribution in [0.25, 0.3) is 0 Å². The number of ether oxygens (including phenoxy) is 1. The summed E-state index contributed by atoms with van der Waals surface area (Å²) in [4.78, 5) is 4.51. The van der Waals surface area contributed by atoms with E-state index in [-0.39, 0.29) is 11.6 Å². The van der Waals surface area contributed by atoms with Gasteiger partial charge in [0.05, 0.1) is 17.5 Å². The van der Waals surface area contributed by atoms with E-state index in [1.54, 1.807) is 13.4 Å². The van der Waals surface area contributed by atoms with Crippen molar-refractivity contribution in [2.75, 3.05) is 7.11 Å². The molecule has 0 saturated heterocycles. The Balaban J connectivity index is 2.47. The molecule has 1 atom stereocenters. The minimum Gasteiger partial charge on any atom is -0.463 e. The lowest BCUT2D eigenvalue weighted by atomic mass is 9.88. The molecule has 0 amide bonds. The van der Waals surface area contributed by atoms with Crippen LogP contribution in [-0.2, 0) is 4.74 Å². The van der Waals surface area contributed by atoms with Gasteiger partial charge >= 0.3 is 0 Å². The Kier molecular flexibility index (Phi) is 2.00. The molecule has 0 N–H and O–H groups in total. The van der Waals surface area contributed by atoms with Crippen LogP contribution in [0.3, 0.4) is 0 Å². The van der Waals surface area contributed by atoms with Gasteiger partial charge in [0.15, 0.2) is 12.0 Å². The van der Waals surface area contributed by atoms with E-state index in [4.69, 9.17) is 9.15 Å². The molecule has 0 aromatic carbocycles. The van der Waals surface area contributed by atoms with E-state index in [2.05, 4.69) is 25.8 Å². The van der Waals surface area contributed by atoms with Crippen LogP contribution in [0.5, 0.6) is 0 Å². The quantitative estimate of drug-likeness (QED) is 0.687. The second-order valence-electron chi connectivity index (χ2n) is 4.52. The number of hydrogen-bond donors (Lipinski definition) is 0. The van der Waals surface area contributed by atoms with Crippen molar-refractivity contribution in [3.8, 4) is 0 Å². The Morgan fingerprint density at radius 3 is 2.71 bits per heavy atom. The molecule has 0 spiro atoms. The number of methoxy groups -OCH3 is 1. The lowest BCUT2D eigenvalue weighted by Gasteiger charge is -2.17. The zero-order valence-corrected chi connectivity index (χ0v) is 9.00. The fourth-order valence-corrected chi connectivity index (χ4v) is 1.67. The molecular weight excluding hydrogens is 178 g/mol. The van der Waals surface area contributed by atoms with Crippen LogP contribution < -0.4 is 0 Å². The Hall–Kier alpha value is -1.09. The average Bonchev–Trinajstić information content (AvgIpc) is 2.59. The molecule has 1 aromatic rings. The Bertz CT molecular complexity index is 371. The largest absolute Gasteiger partial charge is 0.463 e. The standard InChI is InChI=1S/C11H15NO2/c1-11(2,3)9-8-7(5-6-14-8)10(12-9)13-4/h5-6,10H,1-4H3. The summed E-state index contributed by atoms with van der Waals surface area (Å²) in [6, 6.07) is 1.92. The van der Waals surface area contributed by atoms with Gasteiger partial charge in [-0.05, 0) is 6.07 Å². The van der Waals surface area contributed by atoms with Crippen molar-refractivity contribution in [3.63, 3.8) is 0 Å². The highest BCUT2D eigenvalue weighted by molar-refractivity contribution is 6.05. The van der Waals surface area contributed by atoms with Crippen LogP contribution in [0.2, 0.25) is 0 Å². The number of nitrogens with zero attached hydrogens (tertiary/aromatic N) is 1. The lowest BCUT2D eigenvalue weighted by molar-refractivity contribution is 0.113. The van der Waals surface area contributed by atoms with Crippen LogP contribution in [0, 0.1) is 5.41 Å². The van der Waals surface area contributed by atoms with Crippen molar-refractivity contribution in [1.82, 2.24) is 0 Å². The predicted molar refractivity (Wildman–Crippen MR) is 54.5 cm³/mol. The molecule has 14 heavy (non-hydrogen) atoms. The summed E-state index contributed by atoms with van der Waals surface area (Å²) in [6.07, 6.45) is 1.51. The van der Waals surface area contributed by atoms with Crippen LogP contribution in [0.1, 0.15) is 38.3 Å². The van der Waals surface area contributed by atoms with E-state index in [1.807, 2.05) is 6.07 Å². The molecule has 0 bridgehead atoms. The van der Waals surface area contributed by atoms with E-state index >= 15 is 0 Å². The molecule has 2 rings (SSSR count). The van der Waals surface area contributed by atoms with Gasteiger partial charge in [0.2, 0.25) is 0 Å². The van der Waals surface area contributed by atoms with Crippen molar-refractivity contribution in [2.24, 2.45) is 10.4 Å². The second kappa shape index (κ2) is 2.95. The van der Waals surface area contributed by atoms with Crippen LogP contribution in [-0.4, -0.2) is 12.8 Å². The summed E-state index contributed by atoms with van der Waals surface area (Å²) in [5, 5.41) is 0. The molecule has 0 aliphatic carbocycles. The lowest BCUT2D eigenvalue weighted by Crippen LogP contribution is -2.19. The number of fused-ring (bicyclic) bond motifs is 1. The summed E-state index contributed by atoms with van der Waals surface area (Å²) in [7, 11) is 1.66. The molecular formula is C11H15NO2. The molecule has 1 aliphatic heterocycles. The first-order chi connectivity index (χ1) is 6.54. The maximum Gasteiger partial charge on any atom is 0.177 e. The molecule has 1 aliphatic rings. The molecule has 3 nitrogen and oxygen atoms in total. The van der Waals surface area contributed by atoms with Gasteiger partial charge in [-0.15, -0.1) is 0 Å². The van der Waals surface area contributed by atoms with Crippen molar-refractivity contribution in [3.05, 3.63) is 23.7 Å². The first-order valence-electron chi connectivity index (χ1n) is 4.73. The highest BCUT2D eigenvalue weighted by atomic mass is 16.5. The topological polar surface area (TPSA) is 34.7 Å². The van der Waals surface area contributed by atoms with E-state index in [0.717, 1.165) is 17.0 Å². The van der Waals surface area contributed by atoms with Gasteiger partial charge in [-0.3, -0.25) is 0 Å². The fraction of sp³-hybridized carbons (Fsp3) is 0.545. The third-order valence-electron chi connectivity index (χ3n) is 2.36. The SMILES string of the molecule is COC1N=C(C(C)(C)C)c2occc21. The number of rotatable bonds is 1. The van der Waals surface area contributed by atoms with Gasteiger partial charge in [-0.2, -0.15) is 0 Å². The molecule has 1 aromatic heterocycles. The Morgan fingerprint density at radius 2 is 2.14 bits per heavy atom. The summed E-state index contributed by atoms with van der Waals surface area (Å²) < 4.78 is 10.7. The maximum absolute atomic E-state index is 5.44. The average molecular weight is 193 g/mol. The summed E-state index contributed by atoms with van der Waals surface area (Å²) in [6.45, 7) is 6.36. The minimum atomic E-state index is -0.182. The molecule has 0 saturated carbocycles. The van der Waals surface area contributed by atoms with Gasteiger partial charge in [-0.1, -0.05) is 20.8 Å². The molecule has 2 heterocycles. The molecule has 1 unspecified atom stereocenters.